The molecule has 0 amide bonds. The van der Waals surface area contributed by atoms with Gasteiger partial charge in [-0.05, 0) is 18.9 Å². The molecule has 3 N–H and O–H groups in total. The first kappa shape index (κ1) is 13.2. The van der Waals surface area contributed by atoms with Crippen molar-refractivity contribution in [2.75, 3.05) is 18.8 Å². The van der Waals surface area contributed by atoms with Crippen molar-refractivity contribution in [1.29, 1.82) is 0 Å². The molecule has 0 bridgehead atoms. The highest BCUT2D eigenvalue weighted by molar-refractivity contribution is 7.89. The van der Waals surface area contributed by atoms with E-state index in [-0.39, 0.29) is 12.3 Å². The first-order valence-corrected chi connectivity index (χ1v) is 6.92. The molecule has 0 spiro atoms. The van der Waals surface area contributed by atoms with Crippen LogP contribution in [0.5, 0.6) is 0 Å². The van der Waals surface area contributed by atoms with Crippen molar-refractivity contribution in [2.24, 2.45) is 5.73 Å². The number of aryl methyl sites for hydroxylation is 1. The van der Waals surface area contributed by atoms with Crippen molar-refractivity contribution in [3.63, 3.8) is 0 Å². The van der Waals surface area contributed by atoms with E-state index in [9.17, 15) is 8.42 Å². The molecule has 0 heterocycles. The second-order valence-electron chi connectivity index (χ2n) is 3.74. The summed E-state index contributed by atoms with van der Waals surface area (Å²) in [6, 6.07) is 8.05. The van der Waals surface area contributed by atoms with Crippen molar-refractivity contribution < 1.29 is 8.42 Å². The van der Waals surface area contributed by atoms with Crippen molar-refractivity contribution in [3.05, 3.63) is 35.4 Å². The molecule has 0 aliphatic heterocycles. The van der Waals surface area contributed by atoms with Crippen molar-refractivity contribution in [1.82, 2.24) is 4.72 Å². The van der Waals surface area contributed by atoms with E-state index in [1.54, 1.807) is 0 Å². The number of sulfonamides is 1. The molecule has 0 saturated heterocycles. The zero-order chi connectivity index (χ0) is 12.0. The third-order valence-corrected chi connectivity index (χ3v) is 3.66. The lowest BCUT2D eigenvalue weighted by molar-refractivity contribution is 0.581. The number of hydrogen-bond acceptors (Lipinski definition) is 3. The number of nitrogens with two attached hydrogens (primary N) is 1. The van der Waals surface area contributed by atoms with Crippen LogP contribution in [-0.2, 0) is 16.4 Å². The van der Waals surface area contributed by atoms with Gasteiger partial charge in [-0.3, -0.25) is 0 Å². The fourth-order valence-corrected chi connectivity index (χ4v) is 2.20. The van der Waals surface area contributed by atoms with Crippen molar-refractivity contribution in [3.8, 4) is 0 Å². The smallest absolute Gasteiger partial charge is 0.212 e. The Labute approximate surface area is 96.9 Å². The van der Waals surface area contributed by atoms with Crippen LogP contribution in [-0.4, -0.2) is 27.3 Å². The highest BCUT2D eigenvalue weighted by Gasteiger charge is 2.07. The molecule has 0 aromatic heterocycles. The number of nitrogens with one attached hydrogen (secondary N) is 1. The molecule has 4 nitrogen and oxygen atoms in total. The summed E-state index contributed by atoms with van der Waals surface area (Å²) >= 11 is 0. The zero-order valence-electron chi connectivity index (χ0n) is 9.44. The Bertz CT molecular complexity index is 412. The zero-order valence-corrected chi connectivity index (χ0v) is 10.3. The van der Waals surface area contributed by atoms with Crippen LogP contribution in [0.2, 0.25) is 0 Å². The lowest BCUT2D eigenvalue weighted by atomic mass is 10.1. The second-order valence-corrected chi connectivity index (χ2v) is 5.66. The number of benzene rings is 1. The molecule has 0 aliphatic carbocycles. The van der Waals surface area contributed by atoms with E-state index < -0.39 is 10.0 Å². The van der Waals surface area contributed by atoms with Crippen LogP contribution >= 0.6 is 0 Å². The molecule has 0 aliphatic rings. The molecule has 0 atom stereocenters. The number of rotatable bonds is 6. The lowest BCUT2D eigenvalue weighted by Gasteiger charge is -2.05. The molecular formula is C11H18N2O2S. The van der Waals surface area contributed by atoms with E-state index in [1.165, 1.54) is 5.56 Å². The molecule has 5 heteroatoms. The van der Waals surface area contributed by atoms with Gasteiger partial charge in [0.2, 0.25) is 10.0 Å². The Morgan fingerprint density at radius 3 is 2.44 bits per heavy atom. The van der Waals surface area contributed by atoms with E-state index in [1.807, 2.05) is 31.2 Å². The lowest BCUT2D eigenvalue weighted by Crippen LogP contribution is -2.31. The third-order valence-electron chi connectivity index (χ3n) is 2.24. The van der Waals surface area contributed by atoms with Crippen LogP contribution in [0, 0.1) is 6.92 Å². The minimum atomic E-state index is -3.18. The van der Waals surface area contributed by atoms with Crippen LogP contribution in [0.15, 0.2) is 24.3 Å². The summed E-state index contributed by atoms with van der Waals surface area (Å²) in [6.07, 6.45) is 0.698. The molecule has 1 rings (SSSR count). The first-order valence-electron chi connectivity index (χ1n) is 5.26. The molecule has 0 fully saturated rings. The van der Waals surface area contributed by atoms with Gasteiger partial charge in [0.25, 0.3) is 0 Å². The standard InChI is InChI=1S/C11H18N2O2S/c1-10-2-4-11(5-3-10)6-8-13-16(14,15)9-7-12/h2-5,13H,6-9,12H2,1H3. The Morgan fingerprint density at radius 1 is 1.25 bits per heavy atom. The Morgan fingerprint density at radius 2 is 1.88 bits per heavy atom. The van der Waals surface area contributed by atoms with Crippen molar-refractivity contribution >= 4 is 10.0 Å². The van der Waals surface area contributed by atoms with Crippen LogP contribution < -0.4 is 10.5 Å². The summed E-state index contributed by atoms with van der Waals surface area (Å²) in [6.45, 7) is 2.60. The van der Waals surface area contributed by atoms with Crippen LogP contribution in [0.3, 0.4) is 0 Å². The predicted molar refractivity (Wildman–Crippen MR) is 65.7 cm³/mol. The maximum absolute atomic E-state index is 11.3. The largest absolute Gasteiger partial charge is 0.329 e. The minimum Gasteiger partial charge on any atom is -0.329 e. The Balaban J connectivity index is 2.39. The monoisotopic (exact) mass is 242 g/mol. The molecule has 0 unspecified atom stereocenters. The molecule has 1 aromatic rings. The average molecular weight is 242 g/mol. The SMILES string of the molecule is Cc1ccc(CCNS(=O)(=O)CCN)cc1. The van der Waals surface area contributed by atoms with Crippen LogP contribution in [0.4, 0.5) is 0 Å². The van der Waals surface area contributed by atoms with E-state index >= 15 is 0 Å². The van der Waals surface area contributed by atoms with Gasteiger partial charge in [0, 0.05) is 13.1 Å². The summed E-state index contributed by atoms with van der Waals surface area (Å²) in [7, 11) is -3.18. The van der Waals surface area contributed by atoms with Gasteiger partial charge < -0.3 is 5.73 Å². The number of hydrogen-bond donors (Lipinski definition) is 2. The van der Waals surface area contributed by atoms with Gasteiger partial charge in [0.15, 0.2) is 0 Å². The summed E-state index contributed by atoms with van der Waals surface area (Å²) in [4.78, 5) is 0. The van der Waals surface area contributed by atoms with Gasteiger partial charge in [-0.15, -0.1) is 0 Å². The van der Waals surface area contributed by atoms with Gasteiger partial charge in [-0.2, -0.15) is 0 Å². The summed E-state index contributed by atoms with van der Waals surface area (Å²) < 4.78 is 25.1. The van der Waals surface area contributed by atoms with E-state index in [0.717, 1.165) is 5.56 Å². The highest BCUT2D eigenvalue weighted by Crippen LogP contribution is 2.03. The molecule has 1 aromatic carbocycles. The highest BCUT2D eigenvalue weighted by atomic mass is 32.2. The van der Waals surface area contributed by atoms with Crippen LogP contribution in [0.1, 0.15) is 11.1 Å². The minimum absolute atomic E-state index is 0.0130. The molecule has 16 heavy (non-hydrogen) atoms. The topological polar surface area (TPSA) is 72.2 Å². The Hall–Kier alpha value is -0.910. The predicted octanol–water partition coefficient (Wildman–Crippen LogP) is 0.416. The maximum Gasteiger partial charge on any atom is 0.212 e. The van der Waals surface area contributed by atoms with Gasteiger partial charge >= 0.3 is 0 Å². The van der Waals surface area contributed by atoms with E-state index in [2.05, 4.69) is 4.72 Å². The summed E-state index contributed by atoms with van der Waals surface area (Å²) in [5.41, 5.74) is 7.52. The normalized spacial score (nSPS) is 11.6. The third kappa shape index (κ3) is 4.74. The van der Waals surface area contributed by atoms with Gasteiger partial charge in [0.1, 0.15) is 0 Å². The van der Waals surface area contributed by atoms with Crippen molar-refractivity contribution in [2.45, 2.75) is 13.3 Å². The van der Waals surface area contributed by atoms with E-state index in [4.69, 9.17) is 5.73 Å². The summed E-state index contributed by atoms with van der Waals surface area (Å²) in [5.74, 6) is -0.0130. The van der Waals surface area contributed by atoms with E-state index in [0.29, 0.717) is 13.0 Å². The quantitative estimate of drug-likeness (QED) is 0.759. The fourth-order valence-electron chi connectivity index (χ4n) is 1.33. The molecule has 0 saturated carbocycles. The average Bonchev–Trinajstić information content (AvgIpc) is 2.20. The Kier molecular flexibility index (Phi) is 4.92. The molecule has 90 valence electrons. The summed E-state index contributed by atoms with van der Waals surface area (Å²) in [5, 5.41) is 0. The van der Waals surface area contributed by atoms with Gasteiger partial charge in [0.05, 0.1) is 5.75 Å². The maximum atomic E-state index is 11.3. The second kappa shape index (κ2) is 5.98. The van der Waals surface area contributed by atoms with Gasteiger partial charge in [-0.25, -0.2) is 13.1 Å². The molecule has 0 radical (unpaired) electrons. The van der Waals surface area contributed by atoms with Crippen LogP contribution in [0.25, 0.3) is 0 Å². The molecular weight excluding hydrogens is 224 g/mol. The first-order chi connectivity index (χ1) is 7.53. The fraction of sp³-hybridized carbons (Fsp3) is 0.455. The van der Waals surface area contributed by atoms with Gasteiger partial charge in [-0.1, -0.05) is 29.8 Å².